The third-order valence-corrected chi connectivity index (χ3v) is 14.3. The number of halogens is 2. The Kier molecular flexibility index (Phi) is 9.59. The van der Waals surface area contributed by atoms with E-state index in [0.29, 0.717) is 23.7 Å². The Bertz CT molecular complexity index is 1160. The molecule has 2 aliphatic carbocycles. The van der Waals surface area contributed by atoms with Gasteiger partial charge in [-0.3, -0.25) is 0 Å². The second-order valence-electron chi connectivity index (χ2n) is 12.6. The first-order chi connectivity index (χ1) is 16.5. The smallest absolute Gasteiger partial charge is 1.00 e. The number of benzene rings is 2. The molecule has 0 spiro atoms. The zero-order chi connectivity index (χ0) is 25.3. The topological polar surface area (TPSA) is 0 Å². The molecule has 3 aliphatic rings. The van der Waals surface area contributed by atoms with Crippen LogP contribution >= 0.6 is 0 Å². The van der Waals surface area contributed by atoms with Crippen molar-refractivity contribution in [3.63, 3.8) is 0 Å². The maximum Gasteiger partial charge on any atom is -1.00 e. The van der Waals surface area contributed by atoms with Gasteiger partial charge in [0.15, 0.2) is 0 Å². The first kappa shape index (κ1) is 30.9. The first-order valence-corrected chi connectivity index (χ1v) is 16.9. The summed E-state index contributed by atoms with van der Waals surface area (Å²) in [6, 6.07) is 10.4. The van der Waals surface area contributed by atoms with Crippen molar-refractivity contribution in [2.45, 2.75) is 113 Å². The molecule has 0 N–H and O–H groups in total. The van der Waals surface area contributed by atoms with Gasteiger partial charge in [-0.2, -0.15) is 0 Å². The van der Waals surface area contributed by atoms with Gasteiger partial charge in [0.05, 0.1) is 0 Å². The van der Waals surface area contributed by atoms with Gasteiger partial charge < -0.3 is 24.8 Å². The Morgan fingerprint density at radius 1 is 0.568 bits per heavy atom. The second kappa shape index (κ2) is 11.5. The summed E-state index contributed by atoms with van der Waals surface area (Å²) in [5, 5.41) is 0. The van der Waals surface area contributed by atoms with Gasteiger partial charge in [-0.15, -0.1) is 0 Å². The van der Waals surface area contributed by atoms with E-state index in [1.807, 2.05) is 0 Å². The monoisotopic (exact) mass is 612 g/mol. The minimum absolute atomic E-state index is 0. The molecular weight excluding hydrogens is 571 g/mol. The van der Waals surface area contributed by atoms with Crippen LogP contribution in [0.4, 0.5) is 0 Å². The van der Waals surface area contributed by atoms with Crippen molar-refractivity contribution in [3.05, 3.63) is 79.9 Å². The fraction of sp³-hybridized carbons (Fsp3) is 0.529. The molecule has 0 saturated carbocycles. The summed E-state index contributed by atoms with van der Waals surface area (Å²) in [6.45, 7) is 24.1. The van der Waals surface area contributed by atoms with Crippen LogP contribution in [0.3, 0.4) is 0 Å². The molecule has 2 aromatic carbocycles. The van der Waals surface area contributed by atoms with E-state index < -0.39 is 23.2 Å². The first-order valence-electron chi connectivity index (χ1n) is 14.0. The van der Waals surface area contributed by atoms with Crippen LogP contribution in [0.1, 0.15) is 158 Å². The molecule has 0 saturated heterocycles. The molecule has 2 aromatic rings. The van der Waals surface area contributed by atoms with Crippen LogP contribution < -0.4 is 24.8 Å². The van der Waals surface area contributed by atoms with E-state index in [1.165, 1.54) is 12.8 Å². The summed E-state index contributed by atoms with van der Waals surface area (Å²) in [7, 11) is 0. The molecule has 0 fully saturated rings. The van der Waals surface area contributed by atoms with Crippen LogP contribution in [-0.4, -0.2) is 0 Å². The molecule has 0 aromatic heterocycles. The molecule has 2 unspecified atom stereocenters. The van der Waals surface area contributed by atoms with E-state index in [-0.39, 0.29) is 24.8 Å². The van der Waals surface area contributed by atoms with E-state index in [1.54, 1.807) is 66.8 Å². The third kappa shape index (κ3) is 5.05. The zero-order valence-corrected chi connectivity index (χ0v) is 28.4. The van der Waals surface area contributed by atoms with Gasteiger partial charge in [0.25, 0.3) is 0 Å². The molecule has 0 amide bonds. The van der Waals surface area contributed by atoms with Crippen molar-refractivity contribution < 1.29 is 48.0 Å². The van der Waals surface area contributed by atoms with Gasteiger partial charge in [0.2, 0.25) is 0 Å². The van der Waals surface area contributed by atoms with E-state index in [4.69, 9.17) is 0 Å². The van der Waals surface area contributed by atoms with E-state index >= 15 is 0 Å². The van der Waals surface area contributed by atoms with Crippen LogP contribution in [0.25, 0.3) is 11.1 Å². The molecular formula is C34H44Cl2Zr. The summed E-state index contributed by atoms with van der Waals surface area (Å²) >= 11 is -0.825. The Labute approximate surface area is 250 Å². The van der Waals surface area contributed by atoms with E-state index in [9.17, 15) is 0 Å². The quantitative estimate of drug-likeness (QED) is 0.479. The fourth-order valence-electron chi connectivity index (χ4n) is 6.85. The van der Waals surface area contributed by atoms with Crippen LogP contribution in [0.15, 0.2) is 35.4 Å². The summed E-state index contributed by atoms with van der Waals surface area (Å²) in [5.41, 5.74) is 20.0. The molecule has 2 atom stereocenters. The number of rotatable bonds is 4. The van der Waals surface area contributed by atoms with Gasteiger partial charge in [0, 0.05) is 0 Å². The van der Waals surface area contributed by atoms with Crippen molar-refractivity contribution in [1.82, 2.24) is 0 Å². The van der Waals surface area contributed by atoms with Crippen LogP contribution in [0, 0.1) is 0 Å². The van der Waals surface area contributed by atoms with Gasteiger partial charge in [-0.25, -0.2) is 0 Å². The van der Waals surface area contributed by atoms with Gasteiger partial charge >= 0.3 is 227 Å². The predicted molar refractivity (Wildman–Crippen MR) is 149 cm³/mol. The zero-order valence-electron chi connectivity index (χ0n) is 24.4. The molecule has 1 heterocycles. The van der Waals surface area contributed by atoms with Crippen LogP contribution in [0.5, 0.6) is 0 Å². The number of hydrogen-bond donors (Lipinski definition) is 0. The molecule has 37 heavy (non-hydrogen) atoms. The molecule has 198 valence electrons. The van der Waals surface area contributed by atoms with Crippen molar-refractivity contribution in [1.29, 1.82) is 0 Å². The van der Waals surface area contributed by atoms with Gasteiger partial charge in [-0.1, -0.05) is 0 Å². The standard InChI is InChI=1S/C34H44.2ClH.Zr/c1-19(2)25-15-27-13-23(9)29(33(27)31(17-25)21(5)6)11-12-30-24(10)14-28-16-26(20(3)4)18-32(22(7)8)34(28)30;;;/h13-22H,11-12H2,1-10H3;2*1H;/q;;;+2/p-2. The largest absolute Gasteiger partial charge is 1.00 e. The van der Waals surface area contributed by atoms with Crippen molar-refractivity contribution in [2.75, 3.05) is 0 Å². The van der Waals surface area contributed by atoms with Crippen LogP contribution in [-0.2, 0) is 23.2 Å². The normalized spacial score (nSPS) is 19.7. The molecule has 1 aliphatic heterocycles. The molecule has 0 nitrogen and oxygen atoms in total. The third-order valence-electron chi connectivity index (χ3n) is 9.02. The maximum atomic E-state index is 2.63. The molecule has 0 radical (unpaired) electrons. The SMILES string of the molecule is CC1=C2CCC3=C(C)[CH]([Zr+2][CH]1c1cc(C(C)C)cc(C(C)C)c12)c1cc(C(C)C)cc(C(C)C)c13.[Cl-].[Cl-]. The summed E-state index contributed by atoms with van der Waals surface area (Å²) in [5.74, 6) is 2.33. The minimum atomic E-state index is -0.825. The average Bonchev–Trinajstić information content (AvgIpc) is 3.22. The number of fused-ring (bicyclic) bond motifs is 8. The molecule has 5 rings (SSSR count). The van der Waals surface area contributed by atoms with Gasteiger partial charge in [0.1, 0.15) is 0 Å². The second-order valence-corrected chi connectivity index (χ2v) is 16.3. The summed E-state index contributed by atoms with van der Waals surface area (Å²) in [4.78, 5) is 0. The van der Waals surface area contributed by atoms with Crippen LogP contribution in [0.2, 0.25) is 0 Å². The van der Waals surface area contributed by atoms with Crippen molar-refractivity contribution >= 4 is 11.1 Å². The molecule has 3 heteroatoms. The Morgan fingerprint density at radius 3 is 1.22 bits per heavy atom. The number of hydrogen-bond acceptors (Lipinski definition) is 0. The van der Waals surface area contributed by atoms with Crippen molar-refractivity contribution in [3.8, 4) is 0 Å². The summed E-state index contributed by atoms with van der Waals surface area (Å²) in [6.07, 6.45) is 2.41. The minimum Gasteiger partial charge on any atom is -1.00 e. The summed E-state index contributed by atoms with van der Waals surface area (Å²) < 4.78 is 1.44. The Morgan fingerprint density at radius 2 is 0.919 bits per heavy atom. The maximum absolute atomic E-state index is 2.63. The van der Waals surface area contributed by atoms with E-state index in [0.717, 1.165) is 7.25 Å². The van der Waals surface area contributed by atoms with Crippen molar-refractivity contribution in [2.24, 2.45) is 0 Å². The Hall–Kier alpha value is -0.617. The predicted octanol–water partition coefficient (Wildman–Crippen LogP) is 4.42. The Balaban J connectivity index is 0.00000190. The molecule has 4 bridgehead atoms. The van der Waals surface area contributed by atoms with Gasteiger partial charge in [-0.05, 0) is 0 Å². The average molecular weight is 615 g/mol. The van der Waals surface area contributed by atoms with E-state index in [2.05, 4.69) is 93.5 Å². The number of allylic oxidation sites excluding steroid dienone is 4. The fourth-order valence-corrected chi connectivity index (χ4v) is 11.8.